The van der Waals surface area contributed by atoms with Gasteiger partial charge >= 0.3 is 0 Å². The molecular formula is C11H10BrClN2O. The van der Waals surface area contributed by atoms with E-state index < -0.39 is 0 Å². The Morgan fingerprint density at radius 2 is 2.25 bits per heavy atom. The Morgan fingerprint density at radius 1 is 1.50 bits per heavy atom. The van der Waals surface area contributed by atoms with Crippen molar-refractivity contribution in [1.29, 1.82) is 0 Å². The van der Waals surface area contributed by atoms with Crippen molar-refractivity contribution in [3.63, 3.8) is 0 Å². The first-order chi connectivity index (χ1) is 7.63. The van der Waals surface area contributed by atoms with Gasteiger partial charge in [0.05, 0.1) is 10.9 Å². The molecule has 5 heteroatoms. The van der Waals surface area contributed by atoms with Crippen LogP contribution in [0.2, 0.25) is 5.28 Å². The molecular weight excluding hydrogens is 291 g/mol. The van der Waals surface area contributed by atoms with Crippen LogP contribution >= 0.6 is 27.5 Å². The van der Waals surface area contributed by atoms with Crippen molar-refractivity contribution in [1.82, 2.24) is 9.55 Å². The van der Waals surface area contributed by atoms with Crippen LogP contribution in [-0.2, 0) is 6.54 Å². The number of nitrogens with zero attached hydrogens (tertiary/aromatic N) is 2. The second kappa shape index (κ2) is 4.55. The minimum absolute atomic E-state index is 0.0850. The molecule has 0 N–H and O–H groups in total. The van der Waals surface area contributed by atoms with Gasteiger partial charge in [-0.1, -0.05) is 22.9 Å². The van der Waals surface area contributed by atoms with Crippen LogP contribution in [0, 0.1) is 0 Å². The van der Waals surface area contributed by atoms with E-state index in [1.807, 2.05) is 13.0 Å². The van der Waals surface area contributed by atoms with Gasteiger partial charge < -0.3 is 0 Å². The molecule has 0 aliphatic heterocycles. The van der Waals surface area contributed by atoms with Crippen LogP contribution in [0.5, 0.6) is 0 Å². The lowest BCUT2D eigenvalue weighted by Gasteiger charge is -2.07. The number of rotatable bonds is 2. The summed E-state index contributed by atoms with van der Waals surface area (Å²) in [5.41, 5.74) is 0.545. The Balaban J connectivity index is 2.80. The van der Waals surface area contributed by atoms with Crippen LogP contribution in [0.3, 0.4) is 0 Å². The zero-order valence-electron chi connectivity index (χ0n) is 8.70. The molecule has 0 amide bonds. The molecule has 3 nitrogen and oxygen atoms in total. The van der Waals surface area contributed by atoms with Gasteiger partial charge in [0.1, 0.15) is 0 Å². The van der Waals surface area contributed by atoms with E-state index in [9.17, 15) is 4.79 Å². The fourth-order valence-electron chi connectivity index (χ4n) is 1.58. The zero-order valence-corrected chi connectivity index (χ0v) is 11.0. The standard InChI is InChI=1S/C11H10BrClN2O/c1-2-5-15-10(16)8-6-7(12)3-4-9(8)14-11(15)13/h3-4,6H,2,5H2,1H3. The normalized spacial score (nSPS) is 10.9. The third kappa shape index (κ3) is 1.99. The SMILES string of the molecule is CCCn1c(Cl)nc2ccc(Br)cc2c1=O. The molecule has 0 spiro atoms. The summed E-state index contributed by atoms with van der Waals surface area (Å²) >= 11 is 9.31. The van der Waals surface area contributed by atoms with E-state index in [-0.39, 0.29) is 10.8 Å². The molecule has 2 aromatic rings. The summed E-state index contributed by atoms with van der Waals surface area (Å²) in [5, 5.41) is 0.842. The summed E-state index contributed by atoms with van der Waals surface area (Å²) in [6, 6.07) is 5.39. The van der Waals surface area contributed by atoms with Crippen LogP contribution in [0.15, 0.2) is 27.5 Å². The number of benzene rings is 1. The van der Waals surface area contributed by atoms with Crippen molar-refractivity contribution >= 4 is 38.4 Å². The van der Waals surface area contributed by atoms with Crippen molar-refractivity contribution in [3.05, 3.63) is 38.3 Å². The molecule has 0 aliphatic rings. The molecule has 0 radical (unpaired) electrons. The molecule has 0 aliphatic carbocycles. The molecule has 0 atom stereocenters. The summed E-state index contributed by atoms with van der Waals surface area (Å²) in [6.07, 6.45) is 0.848. The lowest BCUT2D eigenvalue weighted by molar-refractivity contribution is 0.649. The number of halogens is 2. The van der Waals surface area contributed by atoms with Crippen LogP contribution < -0.4 is 5.56 Å². The third-order valence-corrected chi connectivity index (χ3v) is 3.10. The molecule has 0 bridgehead atoms. The van der Waals surface area contributed by atoms with E-state index in [1.54, 1.807) is 12.1 Å². The maximum Gasteiger partial charge on any atom is 0.262 e. The molecule has 1 heterocycles. The van der Waals surface area contributed by atoms with Gasteiger partial charge in [-0.25, -0.2) is 4.98 Å². The van der Waals surface area contributed by atoms with Gasteiger partial charge in [-0.2, -0.15) is 0 Å². The number of aromatic nitrogens is 2. The first kappa shape index (κ1) is 11.6. The van der Waals surface area contributed by atoms with Gasteiger partial charge in [0, 0.05) is 11.0 Å². The van der Waals surface area contributed by atoms with E-state index in [0.717, 1.165) is 10.9 Å². The van der Waals surface area contributed by atoms with Crippen molar-refractivity contribution in [2.24, 2.45) is 0 Å². The molecule has 0 fully saturated rings. The Bertz CT molecular complexity index is 594. The van der Waals surface area contributed by atoms with Crippen LogP contribution in [0.25, 0.3) is 10.9 Å². The quantitative estimate of drug-likeness (QED) is 0.798. The Labute approximate surface area is 106 Å². The smallest absolute Gasteiger partial charge is 0.262 e. The lowest BCUT2D eigenvalue weighted by Crippen LogP contribution is -2.22. The van der Waals surface area contributed by atoms with E-state index >= 15 is 0 Å². The molecule has 0 saturated heterocycles. The third-order valence-electron chi connectivity index (χ3n) is 2.32. The molecule has 0 unspecified atom stereocenters. The van der Waals surface area contributed by atoms with Gasteiger partial charge in [0.15, 0.2) is 0 Å². The first-order valence-electron chi connectivity index (χ1n) is 4.99. The predicted octanol–water partition coefficient (Wildman–Crippen LogP) is 3.22. The zero-order chi connectivity index (χ0) is 11.7. The molecule has 0 saturated carbocycles. The van der Waals surface area contributed by atoms with Gasteiger partial charge in [0.25, 0.3) is 5.56 Å². The minimum Gasteiger partial charge on any atom is -0.283 e. The summed E-state index contributed by atoms with van der Waals surface area (Å²) in [5.74, 6) is 0. The second-order valence-corrected chi connectivity index (χ2v) is 4.75. The highest BCUT2D eigenvalue weighted by molar-refractivity contribution is 9.10. The average molecular weight is 302 g/mol. The number of hydrogen-bond acceptors (Lipinski definition) is 2. The van der Waals surface area contributed by atoms with Gasteiger partial charge in [-0.15, -0.1) is 0 Å². The fraction of sp³-hybridized carbons (Fsp3) is 0.273. The van der Waals surface area contributed by atoms with Gasteiger partial charge in [-0.3, -0.25) is 9.36 Å². The molecule has 16 heavy (non-hydrogen) atoms. The van der Waals surface area contributed by atoms with E-state index in [4.69, 9.17) is 11.6 Å². The predicted molar refractivity (Wildman–Crippen MR) is 69.0 cm³/mol. The van der Waals surface area contributed by atoms with Crippen molar-refractivity contribution in [3.8, 4) is 0 Å². The van der Waals surface area contributed by atoms with E-state index in [2.05, 4.69) is 20.9 Å². The van der Waals surface area contributed by atoms with Crippen LogP contribution in [0.1, 0.15) is 13.3 Å². The topological polar surface area (TPSA) is 34.9 Å². The highest BCUT2D eigenvalue weighted by atomic mass is 79.9. The summed E-state index contributed by atoms with van der Waals surface area (Å²) in [7, 11) is 0. The molecule has 1 aromatic heterocycles. The second-order valence-electron chi connectivity index (χ2n) is 3.50. The maximum absolute atomic E-state index is 12.1. The summed E-state index contributed by atoms with van der Waals surface area (Å²) in [4.78, 5) is 16.3. The van der Waals surface area contributed by atoms with Gasteiger partial charge in [0.2, 0.25) is 5.28 Å². The summed E-state index contributed by atoms with van der Waals surface area (Å²) in [6.45, 7) is 2.58. The molecule has 2 rings (SSSR count). The maximum atomic E-state index is 12.1. The van der Waals surface area contributed by atoms with Crippen molar-refractivity contribution in [2.75, 3.05) is 0 Å². The van der Waals surface area contributed by atoms with Crippen molar-refractivity contribution < 1.29 is 0 Å². The van der Waals surface area contributed by atoms with E-state index in [0.29, 0.717) is 17.4 Å². The first-order valence-corrected chi connectivity index (χ1v) is 6.16. The number of fused-ring (bicyclic) bond motifs is 1. The molecule has 84 valence electrons. The van der Waals surface area contributed by atoms with Crippen molar-refractivity contribution in [2.45, 2.75) is 19.9 Å². The Morgan fingerprint density at radius 3 is 2.94 bits per heavy atom. The van der Waals surface area contributed by atoms with Gasteiger partial charge in [-0.05, 0) is 36.2 Å². The van der Waals surface area contributed by atoms with Crippen LogP contribution in [-0.4, -0.2) is 9.55 Å². The summed E-state index contributed by atoms with van der Waals surface area (Å²) < 4.78 is 2.36. The Kier molecular flexibility index (Phi) is 3.30. The highest BCUT2D eigenvalue weighted by Gasteiger charge is 2.08. The monoisotopic (exact) mass is 300 g/mol. The number of hydrogen-bond donors (Lipinski definition) is 0. The minimum atomic E-state index is -0.0850. The average Bonchev–Trinajstić information content (AvgIpc) is 2.26. The lowest BCUT2D eigenvalue weighted by atomic mass is 10.2. The van der Waals surface area contributed by atoms with Crippen LogP contribution in [0.4, 0.5) is 0 Å². The molecule has 1 aromatic carbocycles. The Hall–Kier alpha value is -0.870. The highest BCUT2D eigenvalue weighted by Crippen LogP contribution is 2.17. The van der Waals surface area contributed by atoms with E-state index in [1.165, 1.54) is 4.57 Å². The fourth-order valence-corrected chi connectivity index (χ4v) is 2.20. The largest absolute Gasteiger partial charge is 0.283 e.